The highest BCUT2D eigenvalue weighted by atomic mass is 16.6. The van der Waals surface area contributed by atoms with Gasteiger partial charge in [-0.25, -0.2) is 0 Å². The van der Waals surface area contributed by atoms with Crippen molar-refractivity contribution >= 4 is 11.5 Å². The van der Waals surface area contributed by atoms with Crippen molar-refractivity contribution in [1.82, 2.24) is 0 Å². The first-order valence-corrected chi connectivity index (χ1v) is 9.84. The van der Waals surface area contributed by atoms with Crippen LogP contribution in [0.15, 0.2) is 60.0 Å². The van der Waals surface area contributed by atoms with E-state index in [0.717, 1.165) is 60.2 Å². The fourth-order valence-corrected chi connectivity index (χ4v) is 3.15. The molecule has 2 aromatic rings. The Balaban J connectivity index is 1.23. The summed E-state index contributed by atoms with van der Waals surface area (Å²) >= 11 is 0. The zero-order valence-corrected chi connectivity index (χ0v) is 16.9. The van der Waals surface area contributed by atoms with Crippen LogP contribution in [0.25, 0.3) is 11.5 Å². The zero-order chi connectivity index (χ0) is 20.1. The summed E-state index contributed by atoms with van der Waals surface area (Å²) < 4.78 is 27.2. The van der Waals surface area contributed by atoms with E-state index < -0.39 is 0 Å². The van der Waals surface area contributed by atoms with Gasteiger partial charge >= 0.3 is 0 Å². The van der Waals surface area contributed by atoms with Crippen LogP contribution < -0.4 is 0 Å². The molecule has 0 aromatic heterocycles. The van der Waals surface area contributed by atoms with Crippen molar-refractivity contribution in [2.24, 2.45) is 0 Å². The van der Waals surface area contributed by atoms with Crippen molar-refractivity contribution in [3.05, 3.63) is 82.3 Å². The van der Waals surface area contributed by atoms with Gasteiger partial charge in [-0.1, -0.05) is 48.5 Å². The molecule has 2 aliphatic heterocycles. The normalized spacial score (nSPS) is 14.7. The summed E-state index contributed by atoms with van der Waals surface area (Å²) in [5.41, 5.74) is 4.68. The maximum atomic E-state index is 5.74. The molecule has 5 nitrogen and oxygen atoms in total. The van der Waals surface area contributed by atoms with Gasteiger partial charge in [0.15, 0.2) is 23.0 Å². The molecule has 0 aliphatic carbocycles. The highest BCUT2D eigenvalue weighted by molar-refractivity contribution is 5.72. The van der Waals surface area contributed by atoms with Crippen LogP contribution in [-0.4, -0.2) is 40.6 Å². The molecule has 0 bridgehead atoms. The lowest BCUT2D eigenvalue weighted by Gasteiger charge is -2.00. The Kier molecular flexibility index (Phi) is 6.30. The Bertz CT molecular complexity index is 818. The van der Waals surface area contributed by atoms with Gasteiger partial charge in [0, 0.05) is 25.3 Å². The third-order valence-corrected chi connectivity index (χ3v) is 4.96. The van der Waals surface area contributed by atoms with Crippen LogP contribution in [0.5, 0.6) is 0 Å². The molecule has 2 heterocycles. The molecule has 0 N–H and O–H groups in total. The van der Waals surface area contributed by atoms with Crippen molar-refractivity contribution in [2.75, 3.05) is 40.6 Å². The molecule has 4 rings (SSSR count). The highest BCUT2D eigenvalue weighted by Gasteiger charge is 2.30. The number of benzene rings is 2. The lowest BCUT2D eigenvalue weighted by Crippen LogP contribution is -1.94. The molecule has 0 radical (unpaired) electrons. The van der Waals surface area contributed by atoms with Gasteiger partial charge in [0.25, 0.3) is 0 Å². The van der Waals surface area contributed by atoms with Gasteiger partial charge < -0.3 is 23.7 Å². The molecule has 152 valence electrons. The summed E-state index contributed by atoms with van der Waals surface area (Å²) in [6.45, 7) is 2.37. The first kappa shape index (κ1) is 19.7. The van der Waals surface area contributed by atoms with Gasteiger partial charge in [0.1, 0.15) is 13.2 Å². The summed E-state index contributed by atoms with van der Waals surface area (Å²) in [7, 11) is 3.43. The minimum atomic E-state index is 0.455. The van der Waals surface area contributed by atoms with Crippen LogP contribution in [0, 0.1) is 0 Å². The van der Waals surface area contributed by atoms with E-state index >= 15 is 0 Å². The van der Waals surface area contributed by atoms with Gasteiger partial charge in [-0.2, -0.15) is 0 Å². The van der Waals surface area contributed by atoms with E-state index in [1.807, 2.05) is 0 Å². The van der Waals surface area contributed by atoms with Gasteiger partial charge in [-0.15, -0.1) is 0 Å². The second-order valence-corrected chi connectivity index (χ2v) is 7.08. The van der Waals surface area contributed by atoms with Crippen LogP contribution in [0.3, 0.4) is 0 Å². The van der Waals surface area contributed by atoms with Crippen LogP contribution in [0.1, 0.15) is 22.3 Å². The average Bonchev–Trinajstić information content (AvgIpc) is 3.68. The highest BCUT2D eigenvalue weighted by Crippen LogP contribution is 2.38. The molecule has 2 aliphatic rings. The predicted octanol–water partition coefficient (Wildman–Crippen LogP) is 4.18. The summed E-state index contributed by atoms with van der Waals surface area (Å²) in [4.78, 5) is 0. The molecular formula is C24H26O5. The standard InChI is InChI=1S/C24H26O5/c1-25-13-11-17-3-7-19(8-4-17)23-21(28-23)15-27-16-22-24(29-22)20-9-5-18(6-10-20)12-14-26-2/h3-10H,11-16H2,1-2H3. The largest absolute Gasteiger partial charge is 0.451 e. The average molecular weight is 394 g/mol. The van der Waals surface area contributed by atoms with E-state index in [1.54, 1.807) is 14.2 Å². The summed E-state index contributed by atoms with van der Waals surface area (Å²) in [5, 5.41) is 0. The second-order valence-electron chi connectivity index (χ2n) is 7.08. The molecule has 0 saturated heterocycles. The van der Waals surface area contributed by atoms with E-state index in [-0.39, 0.29) is 0 Å². The van der Waals surface area contributed by atoms with Crippen LogP contribution >= 0.6 is 0 Å². The summed E-state index contributed by atoms with van der Waals surface area (Å²) in [6.07, 6.45) is 1.83. The Labute approximate surface area is 171 Å². The summed E-state index contributed by atoms with van der Waals surface area (Å²) in [6, 6.07) is 16.7. The third-order valence-electron chi connectivity index (χ3n) is 4.96. The fourth-order valence-electron chi connectivity index (χ4n) is 3.15. The number of hydrogen-bond acceptors (Lipinski definition) is 5. The Morgan fingerprint density at radius 1 is 0.621 bits per heavy atom. The van der Waals surface area contributed by atoms with E-state index in [2.05, 4.69) is 48.5 Å². The van der Waals surface area contributed by atoms with Gasteiger partial charge in [0.2, 0.25) is 0 Å². The van der Waals surface area contributed by atoms with E-state index in [0.29, 0.717) is 13.2 Å². The lowest BCUT2D eigenvalue weighted by molar-refractivity contribution is 0.155. The maximum Gasteiger partial charge on any atom is 0.175 e. The number of ether oxygens (including phenoxy) is 5. The zero-order valence-electron chi connectivity index (χ0n) is 16.9. The molecule has 0 saturated carbocycles. The maximum absolute atomic E-state index is 5.74. The van der Waals surface area contributed by atoms with Crippen molar-refractivity contribution in [3.63, 3.8) is 0 Å². The SMILES string of the molecule is COCCc1ccc(C2=C(COCC3=C(c4ccc(CCOC)cc4)O3)O2)cc1. The van der Waals surface area contributed by atoms with Gasteiger partial charge in [-0.05, 0) is 24.0 Å². The molecule has 0 unspecified atom stereocenters. The minimum Gasteiger partial charge on any atom is -0.451 e. The monoisotopic (exact) mass is 394 g/mol. The van der Waals surface area contributed by atoms with E-state index in [1.165, 1.54) is 11.1 Å². The lowest BCUT2D eigenvalue weighted by atomic mass is 10.1. The molecular weight excluding hydrogens is 368 g/mol. The Hall–Kier alpha value is -2.60. The van der Waals surface area contributed by atoms with E-state index in [4.69, 9.17) is 23.7 Å². The van der Waals surface area contributed by atoms with Crippen LogP contribution in [0.2, 0.25) is 0 Å². The van der Waals surface area contributed by atoms with Crippen LogP contribution in [0.4, 0.5) is 0 Å². The molecule has 5 heteroatoms. The molecule has 2 aromatic carbocycles. The molecule has 0 spiro atoms. The van der Waals surface area contributed by atoms with Gasteiger partial charge in [-0.3, -0.25) is 0 Å². The first-order valence-electron chi connectivity index (χ1n) is 9.84. The minimum absolute atomic E-state index is 0.455. The third kappa shape index (κ3) is 5.26. The quantitative estimate of drug-likeness (QED) is 0.541. The molecule has 0 atom stereocenters. The topological polar surface area (TPSA) is 52.8 Å². The smallest absolute Gasteiger partial charge is 0.175 e. The van der Waals surface area contributed by atoms with Crippen molar-refractivity contribution in [1.29, 1.82) is 0 Å². The number of hydrogen-bond donors (Lipinski definition) is 0. The first-order chi connectivity index (χ1) is 14.3. The van der Waals surface area contributed by atoms with Gasteiger partial charge in [0.05, 0.1) is 13.2 Å². The predicted molar refractivity (Wildman–Crippen MR) is 111 cm³/mol. The van der Waals surface area contributed by atoms with E-state index in [9.17, 15) is 0 Å². The van der Waals surface area contributed by atoms with Crippen LogP contribution in [-0.2, 0) is 36.5 Å². The second kappa shape index (κ2) is 9.27. The Morgan fingerprint density at radius 2 is 1.03 bits per heavy atom. The fraction of sp³-hybridized carbons (Fsp3) is 0.333. The van der Waals surface area contributed by atoms with Crippen molar-refractivity contribution in [3.8, 4) is 0 Å². The number of rotatable bonds is 12. The Morgan fingerprint density at radius 3 is 1.41 bits per heavy atom. The molecule has 29 heavy (non-hydrogen) atoms. The van der Waals surface area contributed by atoms with Crippen molar-refractivity contribution in [2.45, 2.75) is 12.8 Å². The summed E-state index contributed by atoms with van der Waals surface area (Å²) in [5.74, 6) is 3.61. The van der Waals surface area contributed by atoms with Crippen molar-refractivity contribution < 1.29 is 23.7 Å². The number of methoxy groups -OCH3 is 2. The molecule has 0 amide bonds. The molecule has 0 fully saturated rings.